The summed E-state index contributed by atoms with van der Waals surface area (Å²) in [5, 5.41) is 11.1. The van der Waals surface area contributed by atoms with Crippen LogP contribution in [0.3, 0.4) is 0 Å². The number of aromatic nitrogens is 2. The van der Waals surface area contributed by atoms with Crippen LogP contribution in [0.15, 0.2) is 35.5 Å². The van der Waals surface area contributed by atoms with Crippen molar-refractivity contribution in [1.29, 1.82) is 0 Å². The Hall–Kier alpha value is -2.21. The van der Waals surface area contributed by atoms with E-state index in [2.05, 4.69) is 51.3 Å². The molecule has 1 saturated heterocycles. The number of guanidine groups is 1. The summed E-state index contributed by atoms with van der Waals surface area (Å²) >= 11 is 6.17. The zero-order valence-corrected chi connectivity index (χ0v) is 15.6. The van der Waals surface area contributed by atoms with Crippen LogP contribution >= 0.6 is 11.6 Å². The number of rotatable bonds is 4. The monoisotopic (exact) mass is 360 g/mol. The maximum atomic E-state index is 6.17. The number of H-pyrrole nitrogens is 1. The van der Waals surface area contributed by atoms with E-state index in [-0.39, 0.29) is 0 Å². The first kappa shape index (κ1) is 17.6. The molecule has 1 aromatic carbocycles. The maximum Gasteiger partial charge on any atom is 0.194 e. The van der Waals surface area contributed by atoms with Gasteiger partial charge in [0.05, 0.1) is 12.2 Å². The van der Waals surface area contributed by atoms with Crippen molar-refractivity contribution in [1.82, 2.24) is 20.4 Å². The minimum absolute atomic E-state index is 0.607. The van der Waals surface area contributed by atoms with Gasteiger partial charge in [-0.25, -0.2) is 4.99 Å². The van der Waals surface area contributed by atoms with Crippen molar-refractivity contribution >= 4 is 23.2 Å². The Morgan fingerprint density at radius 1 is 1.28 bits per heavy atom. The topological polar surface area (TPSA) is 59.6 Å². The Morgan fingerprint density at radius 2 is 2.08 bits per heavy atom. The second-order valence-corrected chi connectivity index (χ2v) is 6.59. The Kier molecular flexibility index (Phi) is 5.81. The number of hydrogen-bond acceptors (Lipinski definition) is 3. The van der Waals surface area contributed by atoms with E-state index in [1.165, 1.54) is 11.3 Å². The van der Waals surface area contributed by atoms with Crippen molar-refractivity contribution in [2.24, 2.45) is 4.99 Å². The molecule has 0 radical (unpaired) electrons. The summed E-state index contributed by atoms with van der Waals surface area (Å²) < 4.78 is 0. The SMILES string of the molecule is CCNC(=NCc1ccn[nH]1)N1CCN(c2cc(Cl)ccc2C)CC1. The van der Waals surface area contributed by atoms with E-state index in [1.807, 2.05) is 12.1 Å². The molecule has 0 spiro atoms. The highest BCUT2D eigenvalue weighted by molar-refractivity contribution is 6.30. The van der Waals surface area contributed by atoms with E-state index >= 15 is 0 Å². The third-order valence-electron chi connectivity index (χ3n) is 4.38. The standard InChI is InChI=1S/C18H25ClN6/c1-3-20-18(21-13-16-6-7-22-23-16)25-10-8-24(9-11-25)17-12-15(19)5-4-14(17)2/h4-7,12H,3,8-11,13H2,1-2H3,(H,20,21)(H,22,23). The summed E-state index contributed by atoms with van der Waals surface area (Å²) in [7, 11) is 0. The van der Waals surface area contributed by atoms with Gasteiger partial charge in [-0.15, -0.1) is 0 Å². The van der Waals surface area contributed by atoms with Gasteiger partial charge in [0.1, 0.15) is 0 Å². The predicted molar refractivity (Wildman–Crippen MR) is 103 cm³/mol. The largest absolute Gasteiger partial charge is 0.368 e. The fraction of sp³-hybridized carbons (Fsp3) is 0.444. The molecule has 0 atom stereocenters. The number of aliphatic imine (C=N–C) groups is 1. The summed E-state index contributed by atoms with van der Waals surface area (Å²) in [4.78, 5) is 9.44. The number of aromatic amines is 1. The third kappa shape index (κ3) is 4.45. The quantitative estimate of drug-likeness (QED) is 0.650. The number of aryl methyl sites for hydroxylation is 1. The minimum atomic E-state index is 0.607. The smallest absolute Gasteiger partial charge is 0.194 e. The number of nitrogens with one attached hydrogen (secondary N) is 2. The lowest BCUT2D eigenvalue weighted by Gasteiger charge is -2.38. The highest BCUT2D eigenvalue weighted by atomic mass is 35.5. The van der Waals surface area contributed by atoms with Crippen LogP contribution in [-0.2, 0) is 6.54 Å². The lowest BCUT2D eigenvalue weighted by Crippen LogP contribution is -2.52. The second-order valence-electron chi connectivity index (χ2n) is 6.16. The molecular weight excluding hydrogens is 336 g/mol. The molecule has 2 N–H and O–H groups in total. The molecule has 3 rings (SSSR count). The van der Waals surface area contributed by atoms with Gasteiger partial charge < -0.3 is 15.1 Å². The van der Waals surface area contributed by atoms with E-state index in [4.69, 9.17) is 16.6 Å². The molecule has 0 unspecified atom stereocenters. The Balaban J connectivity index is 1.64. The third-order valence-corrected chi connectivity index (χ3v) is 4.62. The molecule has 0 bridgehead atoms. The average molecular weight is 361 g/mol. The van der Waals surface area contributed by atoms with Gasteiger partial charge in [0.15, 0.2) is 5.96 Å². The van der Waals surface area contributed by atoms with Crippen LogP contribution in [0.5, 0.6) is 0 Å². The fourth-order valence-electron chi connectivity index (χ4n) is 3.04. The van der Waals surface area contributed by atoms with Crippen LogP contribution in [0.4, 0.5) is 5.69 Å². The Morgan fingerprint density at radius 3 is 2.76 bits per heavy atom. The maximum absolute atomic E-state index is 6.17. The highest BCUT2D eigenvalue weighted by Gasteiger charge is 2.21. The number of benzene rings is 1. The summed E-state index contributed by atoms with van der Waals surface area (Å²) in [6, 6.07) is 8.04. The summed E-state index contributed by atoms with van der Waals surface area (Å²) in [5.41, 5.74) is 3.51. The second kappa shape index (κ2) is 8.25. The van der Waals surface area contributed by atoms with Crippen LogP contribution in [0.25, 0.3) is 0 Å². The van der Waals surface area contributed by atoms with Crippen molar-refractivity contribution in [3.05, 3.63) is 46.7 Å². The molecule has 7 heteroatoms. The van der Waals surface area contributed by atoms with Crippen LogP contribution in [0.2, 0.25) is 5.02 Å². The zero-order chi connectivity index (χ0) is 17.6. The summed E-state index contributed by atoms with van der Waals surface area (Å²) in [6.07, 6.45) is 1.75. The van der Waals surface area contributed by atoms with E-state index in [1.54, 1.807) is 6.20 Å². The van der Waals surface area contributed by atoms with E-state index in [0.29, 0.717) is 6.54 Å². The van der Waals surface area contributed by atoms with Crippen LogP contribution in [0.1, 0.15) is 18.2 Å². The van der Waals surface area contributed by atoms with Gasteiger partial charge in [0.2, 0.25) is 0 Å². The first-order valence-electron chi connectivity index (χ1n) is 8.70. The molecular formula is C18H25ClN6. The van der Waals surface area contributed by atoms with Crippen molar-refractivity contribution in [3.63, 3.8) is 0 Å². The van der Waals surface area contributed by atoms with E-state index in [0.717, 1.165) is 49.4 Å². The van der Waals surface area contributed by atoms with Crippen molar-refractivity contribution in [3.8, 4) is 0 Å². The molecule has 1 aliphatic rings. The molecule has 6 nitrogen and oxygen atoms in total. The number of anilines is 1. The molecule has 0 aliphatic carbocycles. The van der Waals surface area contributed by atoms with Gasteiger partial charge in [-0.1, -0.05) is 17.7 Å². The van der Waals surface area contributed by atoms with Gasteiger partial charge in [-0.3, -0.25) is 5.10 Å². The van der Waals surface area contributed by atoms with Crippen molar-refractivity contribution < 1.29 is 0 Å². The van der Waals surface area contributed by atoms with E-state index < -0.39 is 0 Å². The first-order valence-corrected chi connectivity index (χ1v) is 9.07. The lowest BCUT2D eigenvalue weighted by atomic mass is 10.1. The van der Waals surface area contributed by atoms with Gasteiger partial charge in [0.25, 0.3) is 0 Å². The van der Waals surface area contributed by atoms with Crippen molar-refractivity contribution in [2.75, 3.05) is 37.6 Å². The van der Waals surface area contributed by atoms with E-state index in [9.17, 15) is 0 Å². The minimum Gasteiger partial charge on any atom is -0.368 e. The molecule has 25 heavy (non-hydrogen) atoms. The molecule has 2 aromatic rings. The number of piperazine rings is 1. The summed E-state index contributed by atoms with van der Waals surface area (Å²) in [5.74, 6) is 0.958. The molecule has 0 amide bonds. The van der Waals surface area contributed by atoms with Gasteiger partial charge in [-0.05, 0) is 37.6 Å². The van der Waals surface area contributed by atoms with Crippen LogP contribution < -0.4 is 10.2 Å². The molecule has 0 saturated carbocycles. The summed E-state index contributed by atoms with van der Waals surface area (Å²) in [6.45, 7) is 9.46. The Labute approximate surface area is 153 Å². The predicted octanol–water partition coefficient (Wildman–Crippen LogP) is 2.66. The zero-order valence-electron chi connectivity index (χ0n) is 14.8. The molecule has 1 aromatic heterocycles. The first-order chi connectivity index (χ1) is 12.2. The fourth-order valence-corrected chi connectivity index (χ4v) is 3.21. The number of nitrogens with zero attached hydrogens (tertiary/aromatic N) is 4. The molecule has 1 aliphatic heterocycles. The average Bonchev–Trinajstić information content (AvgIpc) is 3.14. The number of hydrogen-bond donors (Lipinski definition) is 2. The van der Waals surface area contributed by atoms with Crippen molar-refractivity contribution in [2.45, 2.75) is 20.4 Å². The van der Waals surface area contributed by atoms with Crippen LogP contribution in [0, 0.1) is 6.92 Å². The molecule has 2 heterocycles. The lowest BCUT2D eigenvalue weighted by molar-refractivity contribution is 0.372. The van der Waals surface area contributed by atoms with Gasteiger partial charge >= 0.3 is 0 Å². The van der Waals surface area contributed by atoms with Gasteiger partial charge in [0, 0.05) is 49.6 Å². The molecule has 1 fully saturated rings. The highest BCUT2D eigenvalue weighted by Crippen LogP contribution is 2.25. The van der Waals surface area contributed by atoms with Crippen LogP contribution in [-0.4, -0.2) is 53.8 Å². The number of halogens is 1. The molecule has 134 valence electrons. The van der Waals surface area contributed by atoms with Gasteiger partial charge in [-0.2, -0.15) is 5.10 Å². The Bertz CT molecular complexity index is 704. The normalized spacial score (nSPS) is 15.6.